The molecule has 2 atom stereocenters. The molecule has 1 aromatic heterocycles. The lowest BCUT2D eigenvalue weighted by atomic mass is 10.0. The molecule has 2 saturated heterocycles. The minimum absolute atomic E-state index is 0.00887. The molecular weight excluding hydrogens is 712 g/mol. The lowest BCUT2D eigenvalue weighted by Gasteiger charge is -2.34. The van der Waals surface area contributed by atoms with E-state index in [1.165, 1.54) is 6.33 Å². The molecule has 2 fully saturated rings. The SMILES string of the molecule is NC1CCCN(C(=O)CNc2cc(Cl)cc(Cl)c2)C1.O=C1CCc2c(ncnc2NC2CCCN(C(=O)CNc3cc(Cl)cc(Cl)c3)C2)N1. The topological polar surface area (TPSA) is 158 Å². The minimum atomic E-state index is -0.0323. The van der Waals surface area contributed by atoms with E-state index < -0.39 is 0 Å². The van der Waals surface area contributed by atoms with Gasteiger partial charge in [-0.05, 0) is 68.5 Å². The number of carbonyl (C=O) groups excluding carboxylic acids is 3. The first-order chi connectivity index (χ1) is 23.5. The zero-order valence-electron chi connectivity index (χ0n) is 26.8. The Balaban J connectivity index is 0.000000212. The van der Waals surface area contributed by atoms with Gasteiger partial charge in [0.1, 0.15) is 18.0 Å². The maximum atomic E-state index is 12.7. The Hall–Kier alpha value is -3.55. The van der Waals surface area contributed by atoms with Crippen molar-refractivity contribution in [3.8, 4) is 0 Å². The quantitative estimate of drug-likeness (QED) is 0.200. The van der Waals surface area contributed by atoms with Gasteiger partial charge in [0.2, 0.25) is 17.7 Å². The van der Waals surface area contributed by atoms with E-state index in [9.17, 15) is 14.4 Å². The Kier molecular flexibility index (Phi) is 13.0. The van der Waals surface area contributed by atoms with Crippen LogP contribution in [0.4, 0.5) is 23.0 Å². The van der Waals surface area contributed by atoms with Gasteiger partial charge in [0, 0.05) is 81.7 Å². The van der Waals surface area contributed by atoms with E-state index in [0.717, 1.165) is 49.3 Å². The first kappa shape index (κ1) is 36.7. The van der Waals surface area contributed by atoms with Gasteiger partial charge in [-0.3, -0.25) is 14.4 Å². The second-order valence-electron chi connectivity index (χ2n) is 12.2. The van der Waals surface area contributed by atoms with Crippen molar-refractivity contribution >= 4 is 87.1 Å². The number of halogens is 4. The van der Waals surface area contributed by atoms with Gasteiger partial charge in [-0.25, -0.2) is 9.97 Å². The number of benzene rings is 2. The number of fused-ring (bicyclic) bond motifs is 1. The monoisotopic (exact) mass is 749 g/mol. The van der Waals surface area contributed by atoms with Crippen molar-refractivity contribution in [1.82, 2.24) is 19.8 Å². The molecule has 0 aliphatic carbocycles. The Labute approximate surface area is 305 Å². The van der Waals surface area contributed by atoms with E-state index in [2.05, 4.69) is 31.2 Å². The number of likely N-dealkylation sites (tertiary alicyclic amines) is 2. The Morgan fingerprint density at radius 1 is 0.796 bits per heavy atom. The van der Waals surface area contributed by atoms with Gasteiger partial charge < -0.3 is 36.8 Å². The van der Waals surface area contributed by atoms with Crippen LogP contribution in [0.15, 0.2) is 42.7 Å². The number of hydrogen-bond acceptors (Lipinski definition) is 9. The van der Waals surface area contributed by atoms with Crippen molar-refractivity contribution < 1.29 is 14.4 Å². The Bertz CT molecular complexity index is 1620. The molecule has 3 aromatic rings. The molecule has 3 aliphatic rings. The number of piperidine rings is 2. The molecule has 6 N–H and O–H groups in total. The van der Waals surface area contributed by atoms with Gasteiger partial charge in [-0.1, -0.05) is 46.4 Å². The first-order valence-corrected chi connectivity index (χ1v) is 17.6. The van der Waals surface area contributed by atoms with Gasteiger partial charge in [0.05, 0.1) is 13.1 Å². The van der Waals surface area contributed by atoms with Crippen LogP contribution in [0.3, 0.4) is 0 Å². The van der Waals surface area contributed by atoms with E-state index in [1.807, 2.05) is 4.90 Å². The average Bonchev–Trinajstić information content (AvgIpc) is 3.06. The third-order valence-electron chi connectivity index (χ3n) is 8.34. The number of hydrogen-bond donors (Lipinski definition) is 5. The molecule has 0 radical (unpaired) electrons. The summed E-state index contributed by atoms with van der Waals surface area (Å²) in [6.45, 7) is 3.11. The normalized spacial score (nSPS) is 18.8. The van der Waals surface area contributed by atoms with E-state index in [0.29, 0.717) is 64.1 Å². The van der Waals surface area contributed by atoms with E-state index in [4.69, 9.17) is 52.1 Å². The number of carbonyl (C=O) groups is 3. The molecule has 3 aliphatic heterocycles. The summed E-state index contributed by atoms with van der Waals surface area (Å²) < 4.78 is 0. The fourth-order valence-electron chi connectivity index (χ4n) is 5.96. The highest BCUT2D eigenvalue weighted by Crippen LogP contribution is 2.28. The van der Waals surface area contributed by atoms with Crippen molar-refractivity contribution in [3.63, 3.8) is 0 Å². The number of nitrogens with zero attached hydrogens (tertiary/aromatic N) is 4. The molecule has 0 saturated carbocycles. The molecule has 4 heterocycles. The average molecular weight is 752 g/mol. The molecule has 262 valence electrons. The lowest BCUT2D eigenvalue weighted by Crippen LogP contribution is -2.47. The van der Waals surface area contributed by atoms with Crippen LogP contribution in [-0.2, 0) is 20.8 Å². The van der Waals surface area contributed by atoms with Gasteiger partial charge in [0.25, 0.3) is 0 Å². The molecule has 2 unspecified atom stereocenters. The Morgan fingerprint density at radius 2 is 1.35 bits per heavy atom. The summed E-state index contributed by atoms with van der Waals surface area (Å²) in [7, 11) is 0. The van der Waals surface area contributed by atoms with Crippen LogP contribution in [0.1, 0.15) is 37.7 Å². The predicted octanol–water partition coefficient (Wildman–Crippen LogP) is 5.54. The predicted molar refractivity (Wildman–Crippen MR) is 196 cm³/mol. The van der Waals surface area contributed by atoms with Crippen molar-refractivity contribution in [1.29, 1.82) is 0 Å². The van der Waals surface area contributed by atoms with Gasteiger partial charge >= 0.3 is 0 Å². The van der Waals surface area contributed by atoms with E-state index in [1.54, 1.807) is 41.3 Å². The molecule has 2 aromatic carbocycles. The van der Waals surface area contributed by atoms with Gasteiger partial charge in [0.15, 0.2) is 0 Å². The van der Waals surface area contributed by atoms with Crippen molar-refractivity contribution in [2.75, 3.05) is 60.5 Å². The standard InChI is InChI=1S/C20H22Cl2N6O2.C13H17Cl2N3O/c21-12-6-13(22)8-15(7-12)23-9-18(30)28-5-1-2-14(10-28)26-19-16-3-4-17(29)27-20(16)25-11-24-19;14-9-4-10(15)6-12(5-9)17-7-13(19)18-3-1-2-11(16)8-18/h6-8,11,14,23H,1-5,9-10H2,(H2,24,25,26,27,29);4-6,11,17H,1-3,7-8,16H2. The number of amides is 3. The summed E-state index contributed by atoms with van der Waals surface area (Å²) in [4.78, 5) is 48.5. The zero-order chi connectivity index (χ0) is 34.9. The molecular formula is C33H39Cl4N9O3. The summed E-state index contributed by atoms with van der Waals surface area (Å²) in [5.74, 6) is 1.32. The molecule has 49 heavy (non-hydrogen) atoms. The lowest BCUT2D eigenvalue weighted by molar-refractivity contribution is -0.131. The van der Waals surface area contributed by atoms with Crippen LogP contribution in [-0.4, -0.2) is 88.8 Å². The highest BCUT2D eigenvalue weighted by Gasteiger charge is 2.26. The Morgan fingerprint density at radius 3 is 1.92 bits per heavy atom. The minimum Gasteiger partial charge on any atom is -0.376 e. The smallest absolute Gasteiger partial charge is 0.241 e. The number of aromatic nitrogens is 2. The van der Waals surface area contributed by atoms with Crippen molar-refractivity contribution in [2.45, 2.75) is 50.6 Å². The molecule has 0 spiro atoms. The highest BCUT2D eigenvalue weighted by atomic mass is 35.5. The van der Waals surface area contributed by atoms with Crippen LogP contribution in [0.5, 0.6) is 0 Å². The van der Waals surface area contributed by atoms with Crippen LogP contribution < -0.4 is 27.0 Å². The summed E-state index contributed by atoms with van der Waals surface area (Å²) in [5, 5.41) is 14.5. The van der Waals surface area contributed by atoms with E-state index in [-0.39, 0.29) is 42.9 Å². The van der Waals surface area contributed by atoms with Gasteiger partial charge in [-0.2, -0.15) is 0 Å². The largest absolute Gasteiger partial charge is 0.376 e. The maximum absolute atomic E-state index is 12.7. The number of nitrogens with two attached hydrogens (primary N) is 1. The first-order valence-electron chi connectivity index (χ1n) is 16.1. The molecule has 3 amide bonds. The van der Waals surface area contributed by atoms with Crippen LogP contribution in [0.2, 0.25) is 20.1 Å². The van der Waals surface area contributed by atoms with Crippen LogP contribution >= 0.6 is 46.4 Å². The zero-order valence-corrected chi connectivity index (χ0v) is 29.8. The fraction of sp³-hybridized carbons (Fsp3) is 0.424. The fourth-order valence-corrected chi connectivity index (χ4v) is 7.01. The van der Waals surface area contributed by atoms with Crippen molar-refractivity contribution in [3.05, 3.63) is 68.4 Å². The number of rotatable bonds is 8. The molecule has 6 rings (SSSR count). The summed E-state index contributed by atoms with van der Waals surface area (Å²) in [6.07, 6.45) is 6.26. The summed E-state index contributed by atoms with van der Waals surface area (Å²) in [6, 6.07) is 10.4. The third-order valence-corrected chi connectivity index (χ3v) is 9.22. The second kappa shape index (κ2) is 17.4. The van der Waals surface area contributed by atoms with Crippen LogP contribution in [0.25, 0.3) is 0 Å². The molecule has 12 nitrogen and oxygen atoms in total. The third kappa shape index (κ3) is 11.0. The summed E-state index contributed by atoms with van der Waals surface area (Å²) >= 11 is 23.8. The highest BCUT2D eigenvalue weighted by molar-refractivity contribution is 6.35. The number of nitrogens with one attached hydrogen (secondary N) is 4. The number of anilines is 4. The van der Waals surface area contributed by atoms with E-state index >= 15 is 0 Å². The van der Waals surface area contributed by atoms with Crippen LogP contribution in [0, 0.1) is 0 Å². The second-order valence-corrected chi connectivity index (χ2v) is 13.9. The summed E-state index contributed by atoms with van der Waals surface area (Å²) in [5.41, 5.74) is 8.23. The maximum Gasteiger partial charge on any atom is 0.241 e. The van der Waals surface area contributed by atoms with Crippen molar-refractivity contribution in [2.24, 2.45) is 5.73 Å². The van der Waals surface area contributed by atoms with Gasteiger partial charge in [-0.15, -0.1) is 0 Å². The molecule has 16 heteroatoms. The molecule has 0 bridgehead atoms.